The normalized spacial score (nSPS) is 39.9. The SMILES string of the molecule is C[Si](C)[Si]1(C2CCCC2)O[Si](C2CCCC2)([Si](C)C)O[Si](C2CCCC2)([Si](C)C)O[Si](C2CCCC2)([Si](C)C)O1. The summed E-state index contributed by atoms with van der Waals surface area (Å²) in [6, 6.07) is 0. The Labute approximate surface area is 258 Å². The maximum atomic E-state index is 8.43. The van der Waals surface area contributed by atoms with Crippen molar-refractivity contribution in [2.75, 3.05) is 0 Å². The van der Waals surface area contributed by atoms with E-state index < -0.39 is 65.6 Å². The Morgan fingerprint density at radius 2 is 0.475 bits per heavy atom. The van der Waals surface area contributed by atoms with Gasteiger partial charge in [0.1, 0.15) is 33.3 Å². The van der Waals surface area contributed by atoms with Crippen molar-refractivity contribution < 1.29 is 16.5 Å². The second-order valence-electron chi connectivity index (χ2n) is 15.0. The van der Waals surface area contributed by atoms with Crippen LogP contribution in [0, 0.1) is 0 Å². The van der Waals surface area contributed by atoms with Crippen molar-refractivity contribution in [3.63, 3.8) is 0 Å². The van der Waals surface area contributed by atoms with E-state index in [1.165, 1.54) is 103 Å². The fourth-order valence-electron chi connectivity index (χ4n) is 9.32. The van der Waals surface area contributed by atoms with Gasteiger partial charge in [0.05, 0.1) is 0 Å². The molecule has 5 rings (SSSR count). The smallest absolute Gasteiger partial charge is 0.298 e. The average Bonchev–Trinajstić information content (AvgIpc) is 3.72. The maximum Gasteiger partial charge on any atom is 0.298 e. The van der Waals surface area contributed by atoms with Crippen LogP contribution in [0.1, 0.15) is 103 Å². The third-order valence-electron chi connectivity index (χ3n) is 11.6. The number of rotatable bonds is 8. The second-order valence-corrected chi connectivity index (χ2v) is 55.2. The summed E-state index contributed by atoms with van der Waals surface area (Å²) in [5.74, 6) is 0. The summed E-state index contributed by atoms with van der Waals surface area (Å²) in [5.41, 5.74) is 2.73. The summed E-state index contributed by atoms with van der Waals surface area (Å²) >= 11 is 0. The molecule has 1 saturated heterocycles. The zero-order chi connectivity index (χ0) is 28.8. The molecule has 1 aliphatic heterocycles. The van der Waals surface area contributed by atoms with Crippen molar-refractivity contribution >= 4 is 65.6 Å². The Balaban J connectivity index is 1.76. The first-order valence-corrected chi connectivity index (χ1v) is 38.6. The molecule has 12 heteroatoms. The van der Waals surface area contributed by atoms with E-state index in [0.29, 0.717) is 22.2 Å². The lowest BCUT2D eigenvalue weighted by Crippen LogP contribution is -2.82. The lowest BCUT2D eigenvalue weighted by molar-refractivity contribution is 0.224. The lowest BCUT2D eigenvalue weighted by atomic mass is 10.4. The lowest BCUT2D eigenvalue weighted by Gasteiger charge is -2.61. The van der Waals surface area contributed by atoms with E-state index >= 15 is 0 Å². The third kappa shape index (κ3) is 5.71. The summed E-state index contributed by atoms with van der Waals surface area (Å²) in [5, 5.41) is 0. The first kappa shape index (κ1) is 33.0. The van der Waals surface area contributed by atoms with Crippen molar-refractivity contribution in [3.8, 4) is 0 Å². The quantitative estimate of drug-likeness (QED) is 0.239. The van der Waals surface area contributed by atoms with Crippen LogP contribution in [0.4, 0.5) is 0 Å². The Kier molecular flexibility index (Phi) is 10.8. The molecule has 0 aromatic rings. The molecule has 4 aliphatic carbocycles. The topological polar surface area (TPSA) is 36.9 Å². The second kappa shape index (κ2) is 13.1. The van der Waals surface area contributed by atoms with Gasteiger partial charge in [0, 0.05) is 0 Å². The van der Waals surface area contributed by atoms with Gasteiger partial charge in [0.25, 0.3) is 32.3 Å². The summed E-state index contributed by atoms with van der Waals surface area (Å²) in [6.45, 7) is 20.8. The van der Waals surface area contributed by atoms with Gasteiger partial charge in [-0.1, -0.05) is 104 Å². The van der Waals surface area contributed by atoms with E-state index in [4.69, 9.17) is 16.5 Å². The molecule has 5 fully saturated rings. The predicted octanol–water partition coefficient (Wildman–Crippen LogP) is 8.94. The molecule has 0 N–H and O–H groups in total. The Bertz CT molecular complexity index is 690. The van der Waals surface area contributed by atoms with Crippen LogP contribution >= 0.6 is 0 Å². The zero-order valence-electron chi connectivity index (χ0n) is 27.3. The number of hydrogen-bond donors (Lipinski definition) is 0. The molecule has 0 aromatic heterocycles. The Morgan fingerprint density at radius 1 is 0.325 bits per heavy atom. The molecular weight excluding hydrogens is 625 g/mol. The Hall–Kier alpha value is 1.58. The third-order valence-corrected chi connectivity index (χ3v) is 62.4. The minimum Gasteiger partial charge on any atom is -0.420 e. The molecule has 1 heterocycles. The first-order chi connectivity index (χ1) is 19.0. The first-order valence-electron chi connectivity index (χ1n) is 17.1. The summed E-state index contributed by atoms with van der Waals surface area (Å²) in [6.07, 6.45) is 21.8. The van der Waals surface area contributed by atoms with Crippen LogP contribution in [0.3, 0.4) is 0 Å². The van der Waals surface area contributed by atoms with Crippen LogP contribution in [0.15, 0.2) is 0 Å². The van der Waals surface area contributed by atoms with Crippen molar-refractivity contribution in [1.82, 2.24) is 0 Å². The molecular formula is C28H60O4Si8. The van der Waals surface area contributed by atoms with Crippen molar-refractivity contribution in [3.05, 3.63) is 0 Å². The van der Waals surface area contributed by atoms with E-state index in [2.05, 4.69) is 52.4 Å². The van der Waals surface area contributed by atoms with Crippen molar-refractivity contribution in [2.24, 2.45) is 0 Å². The van der Waals surface area contributed by atoms with E-state index in [1.807, 2.05) is 0 Å². The van der Waals surface area contributed by atoms with E-state index in [-0.39, 0.29) is 0 Å². The van der Waals surface area contributed by atoms with Gasteiger partial charge in [-0.05, 0) is 73.5 Å². The van der Waals surface area contributed by atoms with Crippen LogP contribution in [0.2, 0.25) is 74.5 Å². The van der Waals surface area contributed by atoms with Gasteiger partial charge in [-0.15, -0.1) is 0 Å². The molecule has 5 aliphatic rings. The molecule has 0 amide bonds. The molecule has 0 aromatic carbocycles. The largest absolute Gasteiger partial charge is 0.420 e. The highest BCUT2D eigenvalue weighted by Gasteiger charge is 2.71. The standard InChI is InChI=1S/C28H60O4Si8/c1-33(2)37(25-17-9-10-18-25)29-38(34(3)4,26-19-11-12-20-26)31-40(36(7)8,28-23-15-16-24-28)32-39(30-37,35(5)6)27-21-13-14-22-27/h25-28H,9-24H2,1-8H3. The molecule has 0 atom stereocenters. The highest BCUT2D eigenvalue weighted by atomic mass is 29.3. The van der Waals surface area contributed by atoms with Crippen LogP contribution in [0.5, 0.6) is 0 Å². The Morgan fingerprint density at radius 3 is 0.600 bits per heavy atom. The highest BCUT2D eigenvalue weighted by Crippen LogP contribution is 2.56. The van der Waals surface area contributed by atoms with Crippen LogP contribution in [-0.4, -0.2) is 65.6 Å². The monoisotopic (exact) mass is 684 g/mol. The molecule has 228 valence electrons. The van der Waals surface area contributed by atoms with E-state index in [1.54, 1.807) is 0 Å². The zero-order valence-corrected chi connectivity index (χ0v) is 35.3. The molecule has 4 nitrogen and oxygen atoms in total. The van der Waals surface area contributed by atoms with Crippen LogP contribution in [0.25, 0.3) is 0 Å². The summed E-state index contributed by atoms with van der Waals surface area (Å²) in [4.78, 5) is 0. The van der Waals surface area contributed by atoms with E-state index in [9.17, 15) is 0 Å². The van der Waals surface area contributed by atoms with Gasteiger partial charge >= 0.3 is 0 Å². The minimum absolute atomic E-state index is 0.682. The van der Waals surface area contributed by atoms with Gasteiger partial charge in [-0.25, -0.2) is 0 Å². The molecule has 0 bridgehead atoms. The van der Waals surface area contributed by atoms with Crippen molar-refractivity contribution in [1.29, 1.82) is 0 Å². The van der Waals surface area contributed by atoms with E-state index in [0.717, 1.165) is 0 Å². The molecule has 4 radical (unpaired) electrons. The van der Waals surface area contributed by atoms with Crippen LogP contribution in [-0.2, 0) is 16.5 Å². The predicted molar refractivity (Wildman–Crippen MR) is 186 cm³/mol. The van der Waals surface area contributed by atoms with Gasteiger partial charge in [0.2, 0.25) is 0 Å². The van der Waals surface area contributed by atoms with Crippen molar-refractivity contribution in [2.45, 2.75) is 177 Å². The molecule has 0 spiro atoms. The van der Waals surface area contributed by atoms with Gasteiger partial charge < -0.3 is 16.5 Å². The van der Waals surface area contributed by atoms with Gasteiger partial charge in [-0.3, -0.25) is 0 Å². The molecule has 4 saturated carbocycles. The summed E-state index contributed by atoms with van der Waals surface area (Å²) < 4.78 is 33.7. The van der Waals surface area contributed by atoms with Crippen LogP contribution < -0.4 is 0 Å². The van der Waals surface area contributed by atoms with Gasteiger partial charge in [-0.2, -0.15) is 0 Å². The molecule has 40 heavy (non-hydrogen) atoms. The number of hydrogen-bond acceptors (Lipinski definition) is 4. The highest BCUT2D eigenvalue weighted by molar-refractivity contribution is 7.44. The maximum absolute atomic E-state index is 8.43. The summed E-state index contributed by atoms with van der Waals surface area (Å²) in [7, 11) is -13.3. The fourth-order valence-corrected chi connectivity index (χ4v) is 81.1. The van der Waals surface area contributed by atoms with Gasteiger partial charge in [0.15, 0.2) is 0 Å². The fraction of sp³-hybridized carbons (Fsp3) is 1.00. The molecule has 0 unspecified atom stereocenters. The minimum atomic E-state index is -2.52. The average molecular weight is 685 g/mol.